The zero-order valence-electron chi connectivity index (χ0n) is 36.8. The first-order chi connectivity index (χ1) is 34.1. The molecule has 0 aliphatic carbocycles. The van der Waals surface area contributed by atoms with E-state index in [1.54, 1.807) is 0 Å². The lowest BCUT2D eigenvalue weighted by Crippen LogP contribution is -2.63. The summed E-state index contributed by atoms with van der Waals surface area (Å²) in [7, 11) is 1.52. The molecule has 0 aromatic carbocycles. The Bertz CT molecular complexity index is 2820. The van der Waals surface area contributed by atoms with Gasteiger partial charge in [-0.15, -0.1) is 0 Å². The van der Waals surface area contributed by atoms with Crippen molar-refractivity contribution in [3.05, 3.63) is 0 Å². The molecule has 0 aromatic heterocycles. The molecular weight excluding hydrogens is 949 g/mol. The predicted octanol–water partition coefficient (Wildman–Crippen LogP) is -6.11. The van der Waals surface area contributed by atoms with Crippen LogP contribution in [0.3, 0.4) is 0 Å². The van der Waals surface area contributed by atoms with Crippen LogP contribution in [-0.4, -0.2) is 323 Å². The van der Waals surface area contributed by atoms with Gasteiger partial charge in [-0.25, -0.2) is 57.5 Å². The third-order valence-electron chi connectivity index (χ3n) is 17.6. The van der Waals surface area contributed by atoms with Crippen LogP contribution in [-0.2, 0) is 0 Å². The van der Waals surface area contributed by atoms with Crippen molar-refractivity contribution in [2.45, 2.75) is 74.0 Å². The smallest absolute Gasteiger partial charge is 0.314 e. The fourth-order valence-electron chi connectivity index (χ4n) is 14.6. The van der Waals surface area contributed by atoms with Gasteiger partial charge in [0.1, 0.15) is 79.0 Å². The minimum Gasteiger partial charge on any atom is -0.314 e. The van der Waals surface area contributed by atoms with Gasteiger partial charge >= 0.3 is 72.4 Å². The van der Waals surface area contributed by atoms with Gasteiger partial charge in [-0.2, -0.15) is 0 Å². The molecule has 17 saturated heterocycles. The fraction of sp³-hybridized carbons (Fsp3) is 0.657. The first-order valence-electron chi connectivity index (χ1n) is 23.0. The van der Waals surface area contributed by atoms with E-state index in [0.29, 0.717) is 0 Å². The summed E-state index contributed by atoms with van der Waals surface area (Å²) in [4.78, 5) is 200. The quantitative estimate of drug-likeness (QED) is 0.204. The molecule has 0 radical (unpaired) electrons. The minimum atomic E-state index is -1.17. The first kappa shape index (κ1) is 38.1. The lowest BCUT2D eigenvalue weighted by atomic mass is 10.3. The summed E-state index contributed by atoms with van der Waals surface area (Å²) in [5, 5.41) is 8.18. The third-order valence-corrected chi connectivity index (χ3v) is 17.6. The van der Waals surface area contributed by atoms with Gasteiger partial charge in [-0.3, -0.25) is 98.0 Å². The number of carbonyl (C=O) groups is 12. The van der Waals surface area contributed by atoms with Crippen LogP contribution in [0.4, 0.5) is 57.5 Å². The highest BCUT2D eigenvalue weighted by atomic mass is 16.2. The molecule has 17 aliphatic heterocycles. The second-order valence-corrected chi connectivity index (χ2v) is 20.4. The zero-order chi connectivity index (χ0) is 48.2. The van der Waals surface area contributed by atoms with Crippen molar-refractivity contribution in [2.24, 2.45) is 0 Å². The molecule has 17 fully saturated rings. The highest BCUT2D eigenvalue weighted by Crippen LogP contribution is 2.49. The number of hydrogen-bond acceptors (Lipinski definition) is 12. The average Bonchev–Trinajstić information content (AvgIpc) is 4.23. The van der Waals surface area contributed by atoms with Gasteiger partial charge < -0.3 is 20.9 Å². The van der Waals surface area contributed by atoms with Gasteiger partial charge in [-0.05, 0) is 0 Å². The summed E-state index contributed by atoms with van der Waals surface area (Å²) in [6.45, 7) is -3.92. The standard InChI is InChI=1S/C35H38N24O12/c1-39-13-15-42(26(62)38-13)4-46-17-19-50(30(46)66)8-54-21-23-58(34(54)70)10-56-22-20-52(32(56)68)6-48-18-16-44(28(48)64)2-40-14-12(36-24(40)60)37-25(61)41(14)3-45(16)29(65)49(18)7-53(20)33(69)57(22)11-59(23)35(71)55(21)9-51(19)31(67)47(17)5-43(15)27(39)63/h12-23H,2-11H2,1H3,(H,36,60)(H,37,61)(H,38,62)/t12-,13+,14+,15-,16-,17+,18+,19-,20-,21+,22+,23-/m0/s1. The van der Waals surface area contributed by atoms with E-state index in [4.69, 9.17) is 0 Å². The minimum absolute atomic E-state index is 0.302. The van der Waals surface area contributed by atoms with Crippen LogP contribution in [0.25, 0.3) is 0 Å². The van der Waals surface area contributed by atoms with Crippen LogP contribution in [0.2, 0.25) is 0 Å². The van der Waals surface area contributed by atoms with Gasteiger partial charge in [0, 0.05) is 7.05 Å². The van der Waals surface area contributed by atoms with Crippen molar-refractivity contribution in [1.82, 2.24) is 119 Å². The van der Waals surface area contributed by atoms with Crippen LogP contribution >= 0.6 is 0 Å². The van der Waals surface area contributed by atoms with E-state index in [0.717, 1.165) is 0 Å². The van der Waals surface area contributed by atoms with Crippen LogP contribution < -0.4 is 16.0 Å². The van der Waals surface area contributed by atoms with Crippen LogP contribution in [0, 0.1) is 0 Å². The number of carbonyl (C=O) groups excluding carboxylic acids is 12. The van der Waals surface area contributed by atoms with Crippen LogP contribution in [0.1, 0.15) is 0 Å². The molecule has 36 heteroatoms. The van der Waals surface area contributed by atoms with Gasteiger partial charge in [-0.1, -0.05) is 0 Å². The van der Waals surface area contributed by atoms with Gasteiger partial charge in [0.2, 0.25) is 0 Å². The van der Waals surface area contributed by atoms with E-state index in [1.807, 2.05) is 0 Å². The molecular formula is C35H38N24O12. The van der Waals surface area contributed by atoms with E-state index >= 15 is 19.2 Å². The maximum atomic E-state index is 15.1. The molecule has 17 aliphatic rings. The highest BCUT2D eigenvalue weighted by Gasteiger charge is 2.73. The zero-order valence-corrected chi connectivity index (χ0v) is 36.8. The molecule has 71 heavy (non-hydrogen) atoms. The molecule has 0 aromatic rings. The number of rotatable bonds is 0. The highest BCUT2D eigenvalue weighted by molar-refractivity contribution is 5.94. The van der Waals surface area contributed by atoms with Gasteiger partial charge in [0.05, 0.1) is 0 Å². The van der Waals surface area contributed by atoms with Crippen molar-refractivity contribution in [2.75, 3.05) is 73.7 Å². The maximum Gasteiger partial charge on any atom is 0.326 e. The average molecular weight is 987 g/mol. The van der Waals surface area contributed by atoms with Crippen molar-refractivity contribution < 1.29 is 57.5 Å². The normalized spacial score (nSPS) is 39.4. The number of hydrogen-bond donors (Lipinski definition) is 3. The van der Waals surface area contributed by atoms with E-state index in [1.165, 1.54) is 110 Å². The van der Waals surface area contributed by atoms with Gasteiger partial charge in [0.25, 0.3) is 0 Å². The van der Waals surface area contributed by atoms with Gasteiger partial charge in [0.15, 0.2) is 61.7 Å². The second-order valence-electron chi connectivity index (χ2n) is 20.4. The summed E-state index contributed by atoms with van der Waals surface area (Å²) in [6, 6.07) is -7.22. The van der Waals surface area contributed by atoms with E-state index < -0.39 is 186 Å². The molecule has 370 valence electrons. The number of nitrogens with zero attached hydrogens (tertiary/aromatic N) is 21. The Morgan fingerprint density at radius 1 is 0.254 bits per heavy atom. The van der Waals surface area contributed by atoms with Crippen molar-refractivity contribution >= 4 is 72.4 Å². The number of likely N-dealkylation sites (N-methyl/N-ethyl adjacent to an activating group) is 1. The largest absolute Gasteiger partial charge is 0.326 e. The molecule has 0 spiro atoms. The van der Waals surface area contributed by atoms with E-state index in [9.17, 15) is 38.4 Å². The predicted molar refractivity (Wildman–Crippen MR) is 213 cm³/mol. The van der Waals surface area contributed by atoms with Crippen molar-refractivity contribution in [3.63, 3.8) is 0 Å². The molecule has 0 unspecified atom stereocenters. The Labute approximate surface area is 396 Å². The van der Waals surface area contributed by atoms with Crippen LogP contribution in [0.15, 0.2) is 0 Å². The molecule has 24 amide bonds. The topological polar surface area (TPSA) is 309 Å². The summed E-state index contributed by atoms with van der Waals surface area (Å²) in [5.74, 6) is 0. The Morgan fingerprint density at radius 3 is 0.704 bits per heavy atom. The monoisotopic (exact) mass is 986 g/mol. The molecule has 3 N–H and O–H groups in total. The Hall–Kier alpha value is -8.76. The molecule has 36 nitrogen and oxygen atoms in total. The summed E-state index contributed by atoms with van der Waals surface area (Å²) >= 11 is 0. The number of urea groups is 12. The van der Waals surface area contributed by atoms with Crippen molar-refractivity contribution in [3.8, 4) is 0 Å². The second kappa shape index (κ2) is 11.5. The molecule has 0 saturated carbocycles. The lowest BCUT2D eigenvalue weighted by Gasteiger charge is -2.42. The molecule has 17 heterocycles. The molecule has 12 atom stereocenters. The first-order valence-corrected chi connectivity index (χ1v) is 23.0. The van der Waals surface area contributed by atoms with Crippen molar-refractivity contribution in [1.29, 1.82) is 0 Å². The maximum absolute atomic E-state index is 15.1. The summed E-state index contributed by atoms with van der Waals surface area (Å²) in [5.41, 5.74) is 0. The van der Waals surface area contributed by atoms with E-state index in [2.05, 4.69) is 16.0 Å². The number of nitrogens with one attached hydrogen (secondary N) is 3. The third kappa shape index (κ3) is 3.88. The molecule has 0 bridgehead atoms. The number of amides is 24. The Kier molecular flexibility index (Phi) is 6.16. The van der Waals surface area contributed by atoms with E-state index in [-0.39, 0.29) is 26.7 Å². The fourth-order valence-corrected chi connectivity index (χ4v) is 14.6. The lowest BCUT2D eigenvalue weighted by molar-refractivity contribution is -0.0184. The molecule has 17 rings (SSSR count). The Morgan fingerprint density at radius 2 is 0.451 bits per heavy atom. The summed E-state index contributed by atoms with van der Waals surface area (Å²) in [6.07, 6.45) is -12.3. The Balaban J connectivity index is 0.719. The SMILES string of the molecule is CN1C(=O)N2CN3C(=O)N4CN5C(=O)N6CN7C(=O)N8CN9C(=O)N%10CN%11C(=O)N[C@@H]%12NC(=O)N(CN%13C(=O)N(CN%14C(=O)N(CN%15C(=O)N(CN%16C(=O)N(CN%17C(=O)N[C@H]1[C@@H]%172)[C@H]3[C@@H]%164)[C@H]5[C@@H]%156)[C@H]7[C@@H]%148)[C@H]9[C@@H]%13%10)[C@@H]%12%11. The summed E-state index contributed by atoms with van der Waals surface area (Å²) < 4.78 is 0. The van der Waals surface area contributed by atoms with Crippen LogP contribution in [0.5, 0.6) is 0 Å².